The Hall–Kier alpha value is -1.17. The van der Waals surface area contributed by atoms with Crippen molar-refractivity contribution >= 4 is 28.6 Å². The zero-order valence-electron chi connectivity index (χ0n) is 12.4. The first-order valence-electron chi connectivity index (χ1n) is 7.29. The van der Waals surface area contributed by atoms with E-state index >= 15 is 0 Å². The molecule has 3 rings (SSSR count). The minimum absolute atomic E-state index is 0.0713. The van der Waals surface area contributed by atoms with Crippen LogP contribution in [0, 0.1) is 0 Å². The molecular formula is C16H20N2OS2. The predicted molar refractivity (Wildman–Crippen MR) is 89.1 cm³/mol. The van der Waals surface area contributed by atoms with Crippen molar-refractivity contribution in [1.82, 2.24) is 10.2 Å². The second kappa shape index (κ2) is 6.30. The maximum absolute atomic E-state index is 12.2. The third kappa shape index (κ3) is 3.36. The highest BCUT2D eigenvalue weighted by molar-refractivity contribution is 7.14. The molecular weight excluding hydrogens is 300 g/mol. The van der Waals surface area contributed by atoms with Crippen LogP contribution in [0.15, 0.2) is 23.6 Å². The van der Waals surface area contributed by atoms with Crippen LogP contribution >= 0.6 is 22.7 Å². The molecule has 3 heterocycles. The number of rotatable bonds is 5. The molecule has 0 radical (unpaired) electrons. The highest BCUT2D eigenvalue weighted by Crippen LogP contribution is 2.32. The van der Waals surface area contributed by atoms with Crippen molar-refractivity contribution in [2.24, 2.45) is 0 Å². The molecule has 0 bridgehead atoms. The van der Waals surface area contributed by atoms with Crippen LogP contribution in [0.5, 0.6) is 0 Å². The van der Waals surface area contributed by atoms with Gasteiger partial charge in [-0.1, -0.05) is 6.07 Å². The van der Waals surface area contributed by atoms with E-state index in [-0.39, 0.29) is 5.91 Å². The summed E-state index contributed by atoms with van der Waals surface area (Å²) in [6.45, 7) is 7.11. The lowest BCUT2D eigenvalue weighted by Crippen LogP contribution is -2.26. The molecule has 2 aromatic rings. The van der Waals surface area contributed by atoms with Gasteiger partial charge in [0, 0.05) is 35.4 Å². The van der Waals surface area contributed by atoms with Crippen molar-refractivity contribution in [1.29, 1.82) is 0 Å². The summed E-state index contributed by atoms with van der Waals surface area (Å²) in [6, 6.07) is 6.79. The third-order valence-corrected chi connectivity index (χ3v) is 5.90. The number of thiophene rings is 2. The van der Waals surface area contributed by atoms with Crippen molar-refractivity contribution < 1.29 is 4.79 Å². The van der Waals surface area contributed by atoms with Gasteiger partial charge in [0.15, 0.2) is 0 Å². The molecule has 3 nitrogen and oxygen atoms in total. The number of carbonyl (C=O) groups is 1. The van der Waals surface area contributed by atoms with Crippen LogP contribution in [-0.4, -0.2) is 23.4 Å². The second-order valence-corrected chi connectivity index (χ2v) is 7.81. The van der Waals surface area contributed by atoms with Gasteiger partial charge < -0.3 is 5.32 Å². The van der Waals surface area contributed by atoms with Gasteiger partial charge in [-0.25, -0.2) is 0 Å². The summed E-state index contributed by atoms with van der Waals surface area (Å²) >= 11 is 3.39. The Morgan fingerprint density at radius 2 is 2.29 bits per heavy atom. The van der Waals surface area contributed by atoms with Crippen molar-refractivity contribution in [3.05, 3.63) is 43.8 Å². The van der Waals surface area contributed by atoms with E-state index in [1.165, 1.54) is 15.3 Å². The molecule has 0 fully saturated rings. The molecule has 0 atom stereocenters. The number of hydrogen-bond donors (Lipinski definition) is 1. The summed E-state index contributed by atoms with van der Waals surface area (Å²) in [5, 5.41) is 5.10. The highest BCUT2D eigenvalue weighted by Gasteiger charge is 2.25. The first kappa shape index (κ1) is 14.8. The van der Waals surface area contributed by atoms with Crippen molar-refractivity contribution in [2.45, 2.75) is 39.4 Å². The molecule has 0 unspecified atom stereocenters. The van der Waals surface area contributed by atoms with Gasteiger partial charge in [0.1, 0.15) is 0 Å². The minimum Gasteiger partial charge on any atom is -0.351 e. The van der Waals surface area contributed by atoms with Gasteiger partial charge in [-0.3, -0.25) is 9.69 Å². The third-order valence-electron chi connectivity index (χ3n) is 3.81. The SMILES string of the molecule is CC(C)N1Cc2cc(C(=O)NCCc3cccs3)sc2C1. The minimum atomic E-state index is 0.0713. The summed E-state index contributed by atoms with van der Waals surface area (Å²) in [5.74, 6) is 0.0713. The van der Waals surface area contributed by atoms with Crippen molar-refractivity contribution in [3.63, 3.8) is 0 Å². The monoisotopic (exact) mass is 320 g/mol. The van der Waals surface area contributed by atoms with E-state index in [0.717, 1.165) is 24.4 Å². The Bertz CT molecular complexity index is 593. The van der Waals surface area contributed by atoms with Gasteiger partial charge in [-0.05, 0) is 43.3 Å². The van der Waals surface area contributed by atoms with Gasteiger partial charge in [0.05, 0.1) is 4.88 Å². The smallest absolute Gasteiger partial charge is 0.261 e. The first-order chi connectivity index (χ1) is 10.1. The summed E-state index contributed by atoms with van der Waals surface area (Å²) in [4.78, 5) is 18.1. The zero-order valence-corrected chi connectivity index (χ0v) is 14.0. The average molecular weight is 320 g/mol. The van der Waals surface area contributed by atoms with Crippen LogP contribution in [0.1, 0.15) is 38.8 Å². The molecule has 1 aliphatic heterocycles. The molecule has 112 valence electrons. The lowest BCUT2D eigenvalue weighted by molar-refractivity contribution is 0.0958. The molecule has 1 aliphatic rings. The number of nitrogens with zero attached hydrogens (tertiary/aromatic N) is 1. The molecule has 0 saturated heterocycles. The van der Waals surface area contributed by atoms with Gasteiger partial charge in [0.2, 0.25) is 0 Å². The number of carbonyl (C=O) groups excluding carboxylic acids is 1. The lowest BCUT2D eigenvalue weighted by atomic mass is 10.2. The first-order valence-corrected chi connectivity index (χ1v) is 8.99. The molecule has 2 aromatic heterocycles. The fourth-order valence-corrected chi connectivity index (χ4v) is 4.34. The zero-order chi connectivity index (χ0) is 14.8. The maximum atomic E-state index is 12.2. The Kier molecular flexibility index (Phi) is 4.42. The van der Waals surface area contributed by atoms with Crippen LogP contribution < -0.4 is 5.32 Å². The lowest BCUT2D eigenvalue weighted by Gasteiger charge is -2.19. The molecule has 0 spiro atoms. The standard InChI is InChI=1S/C16H20N2OS2/c1-11(2)18-9-12-8-14(21-15(12)10-18)16(19)17-6-5-13-4-3-7-20-13/h3-4,7-8,11H,5-6,9-10H2,1-2H3,(H,17,19). The summed E-state index contributed by atoms with van der Waals surface area (Å²) in [6.07, 6.45) is 0.912. The topological polar surface area (TPSA) is 32.3 Å². The summed E-state index contributed by atoms with van der Waals surface area (Å²) < 4.78 is 0. The number of fused-ring (bicyclic) bond motifs is 1. The van der Waals surface area contributed by atoms with E-state index in [2.05, 4.69) is 41.6 Å². The molecule has 21 heavy (non-hydrogen) atoms. The Morgan fingerprint density at radius 3 is 2.95 bits per heavy atom. The van der Waals surface area contributed by atoms with E-state index in [0.29, 0.717) is 12.6 Å². The fourth-order valence-electron chi connectivity index (χ4n) is 2.51. The predicted octanol–water partition coefficient (Wildman–Crippen LogP) is 3.51. The van der Waals surface area contributed by atoms with Crippen LogP contribution in [0.2, 0.25) is 0 Å². The molecule has 0 aliphatic carbocycles. The molecule has 5 heteroatoms. The number of amides is 1. The average Bonchev–Trinajstić information content (AvgIpc) is 3.13. The highest BCUT2D eigenvalue weighted by atomic mass is 32.1. The van der Waals surface area contributed by atoms with E-state index in [4.69, 9.17) is 0 Å². The second-order valence-electron chi connectivity index (χ2n) is 5.64. The Morgan fingerprint density at radius 1 is 1.43 bits per heavy atom. The van der Waals surface area contributed by atoms with Crippen LogP contribution in [-0.2, 0) is 19.5 Å². The van der Waals surface area contributed by atoms with E-state index in [1.54, 1.807) is 22.7 Å². The Balaban J connectivity index is 1.54. The summed E-state index contributed by atoms with van der Waals surface area (Å²) in [5.41, 5.74) is 1.33. The van der Waals surface area contributed by atoms with E-state index in [1.807, 2.05) is 6.07 Å². The molecule has 1 amide bonds. The molecule has 0 aromatic carbocycles. The molecule has 0 saturated carbocycles. The fraction of sp³-hybridized carbons (Fsp3) is 0.438. The number of nitrogens with one attached hydrogen (secondary N) is 1. The van der Waals surface area contributed by atoms with E-state index in [9.17, 15) is 4.79 Å². The van der Waals surface area contributed by atoms with Crippen LogP contribution in [0.3, 0.4) is 0 Å². The molecule has 1 N–H and O–H groups in total. The van der Waals surface area contributed by atoms with Gasteiger partial charge in [-0.2, -0.15) is 0 Å². The van der Waals surface area contributed by atoms with Crippen LogP contribution in [0.25, 0.3) is 0 Å². The van der Waals surface area contributed by atoms with Crippen molar-refractivity contribution in [2.75, 3.05) is 6.54 Å². The Labute approximate surface area is 133 Å². The normalized spacial score (nSPS) is 14.6. The number of hydrogen-bond acceptors (Lipinski definition) is 4. The maximum Gasteiger partial charge on any atom is 0.261 e. The van der Waals surface area contributed by atoms with Gasteiger partial charge >= 0.3 is 0 Å². The summed E-state index contributed by atoms with van der Waals surface area (Å²) in [7, 11) is 0. The quantitative estimate of drug-likeness (QED) is 0.914. The van der Waals surface area contributed by atoms with Crippen molar-refractivity contribution in [3.8, 4) is 0 Å². The largest absolute Gasteiger partial charge is 0.351 e. The van der Waals surface area contributed by atoms with E-state index < -0.39 is 0 Å². The van der Waals surface area contributed by atoms with Gasteiger partial charge in [0.25, 0.3) is 5.91 Å². The van der Waals surface area contributed by atoms with Gasteiger partial charge in [-0.15, -0.1) is 22.7 Å². The van der Waals surface area contributed by atoms with Crippen LogP contribution in [0.4, 0.5) is 0 Å².